The normalized spacial score (nSPS) is 12.4. The number of carbonyl (C=O) groups is 3. The fourth-order valence-electron chi connectivity index (χ4n) is 5.36. The van der Waals surface area contributed by atoms with Gasteiger partial charge in [0.1, 0.15) is 27.0 Å². The first-order chi connectivity index (χ1) is 27.3. The topological polar surface area (TPSA) is 296 Å². The maximum Gasteiger partial charge on any atom is 0.296 e. The number of anilines is 3. The lowest BCUT2D eigenvalue weighted by molar-refractivity contribution is -0.126. The molecule has 0 saturated heterocycles. The number of nitrogens with one attached hydrogen (secondary N) is 2. The van der Waals surface area contributed by atoms with Crippen molar-refractivity contribution >= 4 is 72.1 Å². The number of amides is 2. The van der Waals surface area contributed by atoms with Gasteiger partial charge < -0.3 is 25.8 Å². The third kappa shape index (κ3) is 9.55. The van der Waals surface area contributed by atoms with Crippen LogP contribution in [-0.2, 0) is 29.8 Å². The number of rotatable bonds is 14. The highest BCUT2D eigenvalue weighted by molar-refractivity contribution is 7.86. The number of azo groups is 2. The van der Waals surface area contributed by atoms with Gasteiger partial charge in [0.05, 0.1) is 42.7 Å². The standard InChI is InChI=1S/C36H35N9O11S2/c1-19-15-25(29(56-5)18-30(19)57(49,50)51)39-36(48)33(21(3)46)43-41-27-16-28(55-4)26(17-31(27)58(52,53)54)38-35(47)22-11-13-23(14-12-22)40-42-32-20(2)44-45(34(32)37)24-9-7-6-8-10-24/h6-18,33H,37H2,1-5H3,(H,38,47)(H,39,48)(H,49,50,51)(H,52,53,54). The van der Waals surface area contributed by atoms with E-state index in [9.17, 15) is 40.3 Å². The van der Waals surface area contributed by atoms with E-state index >= 15 is 0 Å². The number of hydrogen-bond acceptors (Lipinski definition) is 15. The second kappa shape index (κ2) is 17.1. The Balaban J connectivity index is 1.36. The number of ether oxygens (including phenoxy) is 2. The highest BCUT2D eigenvalue weighted by Gasteiger charge is 2.27. The molecule has 5 rings (SSSR count). The summed E-state index contributed by atoms with van der Waals surface area (Å²) in [6.45, 7) is 4.07. The number of benzene rings is 4. The fourth-order valence-corrected chi connectivity index (χ4v) is 6.71. The third-order valence-electron chi connectivity index (χ3n) is 8.21. The summed E-state index contributed by atoms with van der Waals surface area (Å²) in [7, 11) is -7.35. The maximum absolute atomic E-state index is 13.3. The number of Topliss-reactive ketones (excluding diaryl/α,β-unsaturated/α-hetero) is 1. The van der Waals surface area contributed by atoms with Crippen molar-refractivity contribution in [2.75, 3.05) is 30.6 Å². The fraction of sp³-hybridized carbons (Fsp3) is 0.167. The summed E-state index contributed by atoms with van der Waals surface area (Å²) in [5.74, 6) is -2.70. The zero-order valence-electron chi connectivity index (χ0n) is 31.2. The van der Waals surface area contributed by atoms with Crippen LogP contribution in [0.3, 0.4) is 0 Å². The van der Waals surface area contributed by atoms with Gasteiger partial charge in [0.2, 0.25) is 6.04 Å². The summed E-state index contributed by atoms with van der Waals surface area (Å²) in [5, 5.41) is 25.2. The van der Waals surface area contributed by atoms with E-state index in [1.165, 1.54) is 56.2 Å². The molecule has 0 aliphatic heterocycles. The molecule has 1 aromatic heterocycles. The van der Waals surface area contributed by atoms with Crippen LogP contribution in [0.15, 0.2) is 109 Å². The van der Waals surface area contributed by atoms with E-state index in [0.29, 0.717) is 17.1 Å². The molecular formula is C36H35N9O11S2. The SMILES string of the molecule is COc1cc(N=NC(C(C)=O)C(=O)Nc2cc(C)c(S(=O)(=O)O)cc2OC)c(S(=O)(=O)O)cc1NC(=O)c1ccc(N=Nc2c(C)nn(-c3ccccc3)c2N)cc1. The third-order valence-corrected chi connectivity index (χ3v) is 10.1. The first-order valence-electron chi connectivity index (χ1n) is 16.6. The molecule has 4 aromatic carbocycles. The van der Waals surface area contributed by atoms with Crippen LogP contribution in [0.5, 0.6) is 11.5 Å². The molecule has 58 heavy (non-hydrogen) atoms. The Bertz CT molecular complexity index is 2700. The molecule has 0 saturated carbocycles. The number of nitrogen functional groups attached to an aromatic ring is 1. The van der Waals surface area contributed by atoms with Crippen molar-refractivity contribution in [2.45, 2.75) is 36.6 Å². The zero-order valence-corrected chi connectivity index (χ0v) is 32.9. The Morgan fingerprint density at radius 2 is 1.40 bits per heavy atom. The number of para-hydroxylation sites is 1. The quantitative estimate of drug-likeness (QED) is 0.0493. The molecule has 1 heterocycles. The van der Waals surface area contributed by atoms with Crippen LogP contribution in [0.25, 0.3) is 5.69 Å². The van der Waals surface area contributed by atoms with Crippen LogP contribution in [0.2, 0.25) is 0 Å². The lowest BCUT2D eigenvalue weighted by atomic mass is 10.1. The van der Waals surface area contributed by atoms with E-state index in [1.54, 1.807) is 6.92 Å². The summed E-state index contributed by atoms with van der Waals surface area (Å²) in [6.07, 6.45) is 0. The van der Waals surface area contributed by atoms with Crippen molar-refractivity contribution in [1.29, 1.82) is 0 Å². The zero-order chi connectivity index (χ0) is 42.5. The molecule has 20 nitrogen and oxygen atoms in total. The Labute approximate surface area is 331 Å². The summed E-state index contributed by atoms with van der Waals surface area (Å²) in [4.78, 5) is 37.6. The summed E-state index contributed by atoms with van der Waals surface area (Å²) in [5.41, 5.74) is 7.56. The number of aryl methyl sites for hydroxylation is 2. The van der Waals surface area contributed by atoms with E-state index in [-0.39, 0.29) is 39.8 Å². The van der Waals surface area contributed by atoms with E-state index in [2.05, 4.69) is 36.2 Å². The van der Waals surface area contributed by atoms with Crippen molar-refractivity contribution < 1.29 is 49.8 Å². The molecule has 1 atom stereocenters. The lowest BCUT2D eigenvalue weighted by Gasteiger charge is -2.15. The number of hydrogen-bond donors (Lipinski definition) is 5. The van der Waals surface area contributed by atoms with E-state index in [0.717, 1.165) is 30.8 Å². The average Bonchev–Trinajstić information content (AvgIpc) is 3.45. The minimum atomic E-state index is -5.07. The molecular weight excluding hydrogens is 799 g/mol. The molecule has 5 aromatic rings. The van der Waals surface area contributed by atoms with Crippen molar-refractivity contribution in [3.63, 3.8) is 0 Å². The first kappa shape index (κ1) is 42.3. The maximum atomic E-state index is 13.3. The molecule has 0 aliphatic carbocycles. The summed E-state index contributed by atoms with van der Waals surface area (Å²) < 4.78 is 79.9. The monoisotopic (exact) mass is 833 g/mol. The Morgan fingerprint density at radius 1 is 0.793 bits per heavy atom. The van der Waals surface area contributed by atoms with Gasteiger partial charge in [-0.15, -0.1) is 5.11 Å². The number of ketones is 1. The molecule has 0 bridgehead atoms. The smallest absolute Gasteiger partial charge is 0.296 e. The molecule has 6 N–H and O–H groups in total. The van der Waals surface area contributed by atoms with E-state index < -0.39 is 59.4 Å². The van der Waals surface area contributed by atoms with Crippen LogP contribution in [-0.4, -0.2) is 73.6 Å². The molecule has 0 fully saturated rings. The number of carbonyl (C=O) groups excluding carboxylic acids is 3. The van der Waals surface area contributed by atoms with Gasteiger partial charge >= 0.3 is 0 Å². The van der Waals surface area contributed by atoms with Crippen molar-refractivity contribution in [3.8, 4) is 17.2 Å². The van der Waals surface area contributed by atoms with Gasteiger partial charge in [0, 0.05) is 17.7 Å². The second-order valence-corrected chi connectivity index (χ2v) is 15.1. The Morgan fingerprint density at radius 3 is 1.98 bits per heavy atom. The molecule has 0 aliphatic rings. The van der Waals surface area contributed by atoms with Gasteiger partial charge in [-0.1, -0.05) is 18.2 Å². The largest absolute Gasteiger partial charge is 0.495 e. The summed E-state index contributed by atoms with van der Waals surface area (Å²) >= 11 is 0. The minimum Gasteiger partial charge on any atom is -0.495 e. The molecule has 0 radical (unpaired) electrons. The van der Waals surface area contributed by atoms with Gasteiger partial charge in [0.25, 0.3) is 32.1 Å². The van der Waals surface area contributed by atoms with Crippen LogP contribution >= 0.6 is 0 Å². The molecule has 0 spiro atoms. The average molecular weight is 834 g/mol. The van der Waals surface area contributed by atoms with Crippen molar-refractivity contribution in [3.05, 3.63) is 95.7 Å². The van der Waals surface area contributed by atoms with Crippen LogP contribution in [0.4, 0.5) is 34.3 Å². The van der Waals surface area contributed by atoms with Gasteiger partial charge in [-0.25, -0.2) is 4.68 Å². The number of aromatic nitrogens is 2. The predicted octanol–water partition coefficient (Wildman–Crippen LogP) is 5.93. The van der Waals surface area contributed by atoms with E-state index in [1.807, 2.05) is 30.3 Å². The van der Waals surface area contributed by atoms with Gasteiger partial charge in [-0.05, 0) is 74.9 Å². The molecule has 1 unspecified atom stereocenters. The van der Waals surface area contributed by atoms with Gasteiger partial charge in [0.15, 0.2) is 17.3 Å². The van der Waals surface area contributed by atoms with Crippen LogP contribution < -0.4 is 25.8 Å². The van der Waals surface area contributed by atoms with Gasteiger partial charge in [-0.3, -0.25) is 23.5 Å². The summed E-state index contributed by atoms with van der Waals surface area (Å²) in [6, 6.07) is 17.2. The van der Waals surface area contributed by atoms with Crippen LogP contribution in [0, 0.1) is 13.8 Å². The molecule has 22 heteroatoms. The number of nitrogens with zero attached hydrogens (tertiary/aromatic N) is 6. The van der Waals surface area contributed by atoms with E-state index in [4.69, 9.17) is 15.2 Å². The lowest BCUT2D eigenvalue weighted by Crippen LogP contribution is -2.32. The van der Waals surface area contributed by atoms with Crippen molar-refractivity contribution in [2.24, 2.45) is 20.5 Å². The van der Waals surface area contributed by atoms with Crippen LogP contribution in [0.1, 0.15) is 28.5 Å². The predicted molar refractivity (Wildman–Crippen MR) is 209 cm³/mol. The number of nitrogens with two attached hydrogens (primary N) is 1. The second-order valence-electron chi connectivity index (χ2n) is 12.3. The first-order valence-corrected chi connectivity index (χ1v) is 19.5. The highest BCUT2D eigenvalue weighted by Crippen LogP contribution is 2.37. The van der Waals surface area contributed by atoms with Gasteiger partial charge in [-0.2, -0.15) is 37.3 Å². The molecule has 302 valence electrons. The number of methoxy groups -OCH3 is 2. The molecule has 2 amide bonds. The highest BCUT2D eigenvalue weighted by atomic mass is 32.2. The Kier molecular flexibility index (Phi) is 12.5. The minimum absolute atomic E-state index is 0.0286. The Hall–Kier alpha value is -6.88. The van der Waals surface area contributed by atoms with Crippen molar-refractivity contribution in [1.82, 2.24) is 9.78 Å².